The van der Waals surface area contributed by atoms with Gasteiger partial charge in [0.25, 0.3) is 0 Å². The predicted octanol–water partition coefficient (Wildman–Crippen LogP) is 2.20. The van der Waals surface area contributed by atoms with Crippen molar-refractivity contribution in [2.24, 2.45) is 17.6 Å². The lowest BCUT2D eigenvalue weighted by Crippen LogP contribution is -2.21. The number of nitrogens with zero attached hydrogens (tertiary/aromatic N) is 2. The smallest absolute Gasteiger partial charge is 0.315 e. The molecule has 0 radical (unpaired) electrons. The number of anilines is 1. The summed E-state index contributed by atoms with van der Waals surface area (Å²) >= 11 is 0. The lowest BCUT2D eigenvalue weighted by atomic mass is 9.81. The lowest BCUT2D eigenvalue weighted by Gasteiger charge is -2.27. The van der Waals surface area contributed by atoms with Gasteiger partial charge in [0.2, 0.25) is 5.89 Å². The van der Waals surface area contributed by atoms with Gasteiger partial charge in [-0.25, -0.2) is 0 Å². The largest absolute Gasteiger partial charge is 0.408 e. The molecule has 0 spiro atoms. The lowest BCUT2D eigenvalue weighted by molar-refractivity contribution is 0.277. The fraction of sp³-hybridized carbons (Fsp3) is 0.846. The molecule has 1 aromatic rings. The molecule has 3 N–H and O–H groups in total. The van der Waals surface area contributed by atoms with Crippen molar-refractivity contribution in [2.75, 3.05) is 18.4 Å². The van der Waals surface area contributed by atoms with E-state index in [4.69, 9.17) is 10.2 Å². The molecule has 1 aliphatic rings. The van der Waals surface area contributed by atoms with Crippen LogP contribution in [-0.4, -0.2) is 23.3 Å². The van der Waals surface area contributed by atoms with E-state index in [1.54, 1.807) is 0 Å². The van der Waals surface area contributed by atoms with E-state index in [9.17, 15) is 0 Å². The number of nitrogens with one attached hydrogen (secondary N) is 1. The minimum absolute atomic E-state index is 0.538. The van der Waals surface area contributed by atoms with Gasteiger partial charge in [-0.3, -0.25) is 0 Å². The van der Waals surface area contributed by atoms with Crippen LogP contribution >= 0.6 is 0 Å². The Morgan fingerprint density at radius 3 is 2.61 bits per heavy atom. The third-order valence-electron chi connectivity index (χ3n) is 3.91. The Bertz CT molecular complexity index is 345. The molecule has 1 heterocycles. The quantitative estimate of drug-likeness (QED) is 0.811. The molecule has 0 bridgehead atoms. The van der Waals surface area contributed by atoms with Crippen LogP contribution in [-0.2, 0) is 6.42 Å². The predicted molar refractivity (Wildman–Crippen MR) is 71.3 cm³/mol. The molecule has 0 atom stereocenters. The van der Waals surface area contributed by atoms with Crippen molar-refractivity contribution in [2.45, 2.75) is 45.4 Å². The molecule has 0 aromatic carbocycles. The monoisotopic (exact) mass is 252 g/mol. The number of nitrogens with two attached hydrogens (primary N) is 1. The average molecular weight is 252 g/mol. The molecule has 1 aliphatic carbocycles. The highest BCUT2D eigenvalue weighted by molar-refractivity contribution is 5.17. The molecule has 0 aliphatic heterocycles. The van der Waals surface area contributed by atoms with E-state index in [-0.39, 0.29) is 0 Å². The fourth-order valence-electron chi connectivity index (χ4n) is 2.63. The van der Waals surface area contributed by atoms with Gasteiger partial charge in [-0.1, -0.05) is 31.3 Å². The van der Waals surface area contributed by atoms with Gasteiger partial charge in [0.15, 0.2) is 0 Å². The van der Waals surface area contributed by atoms with Gasteiger partial charge >= 0.3 is 6.01 Å². The number of hydrogen-bond acceptors (Lipinski definition) is 5. The Kier molecular flexibility index (Phi) is 4.99. The van der Waals surface area contributed by atoms with Crippen molar-refractivity contribution < 1.29 is 4.42 Å². The van der Waals surface area contributed by atoms with Crippen molar-refractivity contribution in [1.29, 1.82) is 0 Å². The summed E-state index contributed by atoms with van der Waals surface area (Å²) in [7, 11) is 0. The Labute approximate surface area is 109 Å². The average Bonchev–Trinajstić information content (AvgIpc) is 2.85. The first-order chi connectivity index (χ1) is 8.81. The maximum absolute atomic E-state index is 5.44. The van der Waals surface area contributed by atoms with Crippen LogP contribution in [0.2, 0.25) is 0 Å². The zero-order valence-corrected chi connectivity index (χ0v) is 11.2. The Balaban J connectivity index is 1.71. The summed E-state index contributed by atoms with van der Waals surface area (Å²) < 4.78 is 5.44. The normalized spacial score (nSPS) is 24.1. The van der Waals surface area contributed by atoms with Crippen molar-refractivity contribution in [3.8, 4) is 0 Å². The topological polar surface area (TPSA) is 77.0 Å². The van der Waals surface area contributed by atoms with Gasteiger partial charge in [-0.05, 0) is 24.7 Å². The van der Waals surface area contributed by atoms with E-state index in [1.165, 1.54) is 32.1 Å². The second kappa shape index (κ2) is 6.73. The molecule has 1 aromatic heterocycles. The first-order valence-corrected chi connectivity index (χ1v) is 7.08. The number of rotatable bonds is 6. The highest BCUT2D eigenvalue weighted by Gasteiger charge is 2.20. The second-order valence-corrected chi connectivity index (χ2v) is 5.22. The van der Waals surface area contributed by atoms with E-state index in [2.05, 4.69) is 22.4 Å². The molecule has 2 rings (SSSR count). The molecule has 5 nitrogen and oxygen atoms in total. The molecule has 5 heteroatoms. The second-order valence-electron chi connectivity index (χ2n) is 5.22. The summed E-state index contributed by atoms with van der Waals surface area (Å²) in [6, 6.07) is 0.538. The standard InChI is InChI=1S/C13H24N4O/c1-2-10-3-5-11(6-4-10)9-15-13-17-16-12(18-13)7-8-14/h10-11H,2-9,14H2,1H3,(H,15,17). The highest BCUT2D eigenvalue weighted by Crippen LogP contribution is 2.30. The van der Waals surface area contributed by atoms with Crippen LogP contribution in [0.4, 0.5) is 6.01 Å². The van der Waals surface area contributed by atoms with Crippen LogP contribution < -0.4 is 11.1 Å². The molecular formula is C13H24N4O. The summed E-state index contributed by atoms with van der Waals surface area (Å²) in [5, 5.41) is 11.1. The molecule has 1 fully saturated rings. The molecule has 102 valence electrons. The fourth-order valence-corrected chi connectivity index (χ4v) is 2.63. The minimum Gasteiger partial charge on any atom is -0.408 e. The highest BCUT2D eigenvalue weighted by atomic mass is 16.4. The first kappa shape index (κ1) is 13.3. The van der Waals surface area contributed by atoms with Crippen LogP contribution in [0.5, 0.6) is 0 Å². The van der Waals surface area contributed by atoms with Crippen LogP contribution in [0.15, 0.2) is 4.42 Å². The van der Waals surface area contributed by atoms with Gasteiger partial charge < -0.3 is 15.5 Å². The number of hydrogen-bond donors (Lipinski definition) is 2. The van der Waals surface area contributed by atoms with Gasteiger partial charge in [-0.15, -0.1) is 5.10 Å². The zero-order valence-electron chi connectivity index (χ0n) is 11.2. The molecule has 18 heavy (non-hydrogen) atoms. The SMILES string of the molecule is CCC1CCC(CNc2nnc(CCN)o2)CC1. The maximum atomic E-state index is 5.44. The van der Waals surface area contributed by atoms with E-state index >= 15 is 0 Å². The van der Waals surface area contributed by atoms with Crippen LogP contribution in [0.1, 0.15) is 44.9 Å². The third-order valence-corrected chi connectivity index (χ3v) is 3.91. The zero-order chi connectivity index (χ0) is 12.8. The Morgan fingerprint density at radius 2 is 1.94 bits per heavy atom. The van der Waals surface area contributed by atoms with Crippen molar-refractivity contribution >= 4 is 6.01 Å². The summed E-state index contributed by atoms with van der Waals surface area (Å²) in [5.74, 6) is 2.31. The van der Waals surface area contributed by atoms with Crippen LogP contribution in [0, 0.1) is 11.8 Å². The van der Waals surface area contributed by atoms with Crippen LogP contribution in [0.3, 0.4) is 0 Å². The summed E-state index contributed by atoms with van der Waals surface area (Å²) in [4.78, 5) is 0. The van der Waals surface area contributed by atoms with Gasteiger partial charge in [0.05, 0.1) is 0 Å². The van der Waals surface area contributed by atoms with E-state index < -0.39 is 0 Å². The maximum Gasteiger partial charge on any atom is 0.315 e. The molecular weight excluding hydrogens is 228 g/mol. The molecule has 0 unspecified atom stereocenters. The van der Waals surface area contributed by atoms with Crippen molar-refractivity contribution in [1.82, 2.24) is 10.2 Å². The summed E-state index contributed by atoms with van der Waals surface area (Å²) in [6.45, 7) is 3.78. The van der Waals surface area contributed by atoms with Crippen molar-refractivity contribution in [3.05, 3.63) is 5.89 Å². The molecule has 1 saturated carbocycles. The van der Waals surface area contributed by atoms with E-state index in [0.717, 1.165) is 18.4 Å². The van der Waals surface area contributed by atoms with Gasteiger partial charge in [0.1, 0.15) is 0 Å². The minimum atomic E-state index is 0.538. The van der Waals surface area contributed by atoms with E-state index in [0.29, 0.717) is 24.9 Å². The summed E-state index contributed by atoms with van der Waals surface area (Å²) in [6.07, 6.45) is 7.34. The van der Waals surface area contributed by atoms with Crippen molar-refractivity contribution in [3.63, 3.8) is 0 Å². The van der Waals surface area contributed by atoms with Crippen LogP contribution in [0.25, 0.3) is 0 Å². The van der Waals surface area contributed by atoms with E-state index in [1.807, 2.05) is 0 Å². The molecule has 0 amide bonds. The number of aromatic nitrogens is 2. The Hall–Kier alpha value is -1.10. The summed E-state index contributed by atoms with van der Waals surface area (Å²) in [5.41, 5.74) is 5.44. The third kappa shape index (κ3) is 3.70. The van der Waals surface area contributed by atoms with Gasteiger partial charge in [0, 0.05) is 19.5 Å². The first-order valence-electron chi connectivity index (χ1n) is 7.08. The molecule has 0 saturated heterocycles. The van der Waals surface area contributed by atoms with Gasteiger partial charge in [-0.2, -0.15) is 0 Å². The Morgan fingerprint density at radius 1 is 1.22 bits per heavy atom.